The highest BCUT2D eigenvalue weighted by Gasteiger charge is 2.12. The van der Waals surface area contributed by atoms with Crippen molar-refractivity contribution >= 4 is 16.9 Å². The Kier molecular flexibility index (Phi) is 3.44. The SMILES string of the molecule is Cc1ccc2cc(C(=O)NCc3cccc(F)c3)oc2c1. The van der Waals surface area contributed by atoms with Gasteiger partial charge in [-0.15, -0.1) is 0 Å². The highest BCUT2D eigenvalue weighted by atomic mass is 19.1. The highest BCUT2D eigenvalue weighted by molar-refractivity contribution is 5.96. The summed E-state index contributed by atoms with van der Waals surface area (Å²) in [5.74, 6) is -0.374. The Morgan fingerprint density at radius 3 is 2.86 bits per heavy atom. The Morgan fingerprint density at radius 1 is 1.19 bits per heavy atom. The molecule has 0 fully saturated rings. The summed E-state index contributed by atoms with van der Waals surface area (Å²) >= 11 is 0. The minimum Gasteiger partial charge on any atom is -0.451 e. The third-order valence-electron chi connectivity index (χ3n) is 3.24. The van der Waals surface area contributed by atoms with Crippen molar-refractivity contribution in [2.24, 2.45) is 0 Å². The molecule has 2 aromatic carbocycles. The van der Waals surface area contributed by atoms with Crippen LogP contribution >= 0.6 is 0 Å². The minimum atomic E-state index is -0.319. The number of aryl methyl sites for hydroxylation is 1. The van der Waals surface area contributed by atoms with E-state index in [9.17, 15) is 9.18 Å². The van der Waals surface area contributed by atoms with Crippen LogP contribution in [0.2, 0.25) is 0 Å². The normalized spacial score (nSPS) is 10.8. The van der Waals surface area contributed by atoms with Crippen LogP contribution < -0.4 is 5.32 Å². The standard InChI is InChI=1S/C17H14FNO2/c1-11-5-6-13-9-16(21-15(13)7-11)17(20)19-10-12-3-2-4-14(18)8-12/h2-9H,10H2,1H3,(H,19,20). The number of carbonyl (C=O) groups excluding carboxylic acids is 1. The zero-order valence-corrected chi connectivity index (χ0v) is 11.5. The van der Waals surface area contributed by atoms with Crippen molar-refractivity contribution in [3.05, 3.63) is 71.2 Å². The van der Waals surface area contributed by atoms with Gasteiger partial charge in [0.05, 0.1) is 0 Å². The Bertz CT molecular complexity index is 807. The van der Waals surface area contributed by atoms with Crippen LogP contribution in [0.15, 0.2) is 52.9 Å². The van der Waals surface area contributed by atoms with Gasteiger partial charge in [-0.2, -0.15) is 0 Å². The molecule has 4 heteroatoms. The van der Waals surface area contributed by atoms with E-state index in [0.29, 0.717) is 11.1 Å². The fourth-order valence-electron chi connectivity index (χ4n) is 2.17. The molecule has 3 nitrogen and oxygen atoms in total. The van der Waals surface area contributed by atoms with Crippen LogP contribution in [0.3, 0.4) is 0 Å². The second-order valence-electron chi connectivity index (χ2n) is 4.96. The lowest BCUT2D eigenvalue weighted by Gasteiger charge is -2.03. The Labute approximate surface area is 121 Å². The average molecular weight is 283 g/mol. The predicted octanol–water partition coefficient (Wildman–Crippen LogP) is 3.81. The molecule has 0 unspecified atom stereocenters. The monoisotopic (exact) mass is 283 g/mol. The molecule has 1 N–H and O–H groups in total. The molecule has 0 saturated heterocycles. The summed E-state index contributed by atoms with van der Waals surface area (Å²) < 4.78 is 18.6. The number of nitrogens with one attached hydrogen (secondary N) is 1. The van der Waals surface area contributed by atoms with Crippen molar-refractivity contribution in [1.29, 1.82) is 0 Å². The molecule has 0 aliphatic carbocycles. The molecule has 1 heterocycles. The summed E-state index contributed by atoms with van der Waals surface area (Å²) in [6.45, 7) is 2.22. The fraction of sp³-hybridized carbons (Fsp3) is 0.118. The second-order valence-corrected chi connectivity index (χ2v) is 4.96. The van der Waals surface area contributed by atoms with Gasteiger partial charge in [-0.05, 0) is 42.3 Å². The number of amides is 1. The van der Waals surface area contributed by atoms with Crippen LogP contribution in [-0.4, -0.2) is 5.91 Å². The van der Waals surface area contributed by atoms with E-state index >= 15 is 0 Å². The van der Waals surface area contributed by atoms with Crippen LogP contribution in [0.25, 0.3) is 11.0 Å². The molecule has 3 aromatic rings. The molecule has 0 bridgehead atoms. The zero-order valence-electron chi connectivity index (χ0n) is 11.5. The Balaban J connectivity index is 1.74. The van der Waals surface area contributed by atoms with Gasteiger partial charge >= 0.3 is 0 Å². The molecule has 1 aromatic heterocycles. The second kappa shape index (κ2) is 5.40. The van der Waals surface area contributed by atoms with Gasteiger partial charge in [-0.25, -0.2) is 4.39 Å². The first-order chi connectivity index (χ1) is 10.1. The first-order valence-electron chi connectivity index (χ1n) is 6.65. The van der Waals surface area contributed by atoms with Crippen molar-refractivity contribution in [2.45, 2.75) is 13.5 Å². The van der Waals surface area contributed by atoms with Gasteiger partial charge < -0.3 is 9.73 Å². The van der Waals surface area contributed by atoms with Gasteiger partial charge in [0.25, 0.3) is 5.91 Å². The van der Waals surface area contributed by atoms with Crippen LogP contribution in [0.4, 0.5) is 4.39 Å². The summed E-state index contributed by atoms with van der Waals surface area (Å²) in [5.41, 5.74) is 2.46. The van der Waals surface area contributed by atoms with Gasteiger partial charge in [0.1, 0.15) is 11.4 Å². The van der Waals surface area contributed by atoms with E-state index in [-0.39, 0.29) is 24.0 Å². The number of furan rings is 1. The molecule has 0 aliphatic heterocycles. The molecule has 21 heavy (non-hydrogen) atoms. The lowest BCUT2D eigenvalue weighted by molar-refractivity contribution is 0.0925. The smallest absolute Gasteiger partial charge is 0.287 e. The maximum Gasteiger partial charge on any atom is 0.287 e. The lowest BCUT2D eigenvalue weighted by Crippen LogP contribution is -2.22. The number of carbonyl (C=O) groups is 1. The summed E-state index contributed by atoms with van der Waals surface area (Å²) in [6, 6.07) is 13.6. The maximum atomic E-state index is 13.1. The quantitative estimate of drug-likeness (QED) is 0.794. The number of halogens is 1. The van der Waals surface area contributed by atoms with Gasteiger partial charge in [0, 0.05) is 11.9 Å². The molecule has 106 valence electrons. The van der Waals surface area contributed by atoms with Crippen LogP contribution in [0.1, 0.15) is 21.7 Å². The first kappa shape index (κ1) is 13.4. The lowest BCUT2D eigenvalue weighted by atomic mass is 10.2. The largest absolute Gasteiger partial charge is 0.451 e. The fourth-order valence-corrected chi connectivity index (χ4v) is 2.17. The van der Waals surface area contributed by atoms with E-state index < -0.39 is 0 Å². The molecule has 0 radical (unpaired) electrons. The van der Waals surface area contributed by atoms with E-state index in [2.05, 4.69) is 5.32 Å². The summed E-state index contributed by atoms with van der Waals surface area (Å²) in [7, 11) is 0. The molecule has 0 saturated carbocycles. The van der Waals surface area contributed by atoms with E-state index in [0.717, 1.165) is 10.9 Å². The van der Waals surface area contributed by atoms with Gasteiger partial charge in [-0.3, -0.25) is 4.79 Å². The number of rotatable bonds is 3. The molecule has 0 aliphatic rings. The molecule has 3 rings (SSSR count). The van der Waals surface area contributed by atoms with Crippen molar-refractivity contribution < 1.29 is 13.6 Å². The summed E-state index contributed by atoms with van der Waals surface area (Å²) in [6.07, 6.45) is 0. The highest BCUT2D eigenvalue weighted by Crippen LogP contribution is 2.20. The molecular formula is C17H14FNO2. The van der Waals surface area contributed by atoms with Gasteiger partial charge in [0.15, 0.2) is 5.76 Å². The van der Waals surface area contributed by atoms with Crippen molar-refractivity contribution in [1.82, 2.24) is 5.32 Å². The average Bonchev–Trinajstić information content (AvgIpc) is 2.88. The van der Waals surface area contributed by atoms with Crippen molar-refractivity contribution in [2.75, 3.05) is 0 Å². The first-order valence-corrected chi connectivity index (χ1v) is 6.65. The molecule has 0 spiro atoms. The van der Waals surface area contributed by atoms with E-state index in [4.69, 9.17) is 4.42 Å². The van der Waals surface area contributed by atoms with Gasteiger partial charge in [0.2, 0.25) is 0 Å². The topological polar surface area (TPSA) is 42.2 Å². The molecule has 0 atom stereocenters. The summed E-state index contributed by atoms with van der Waals surface area (Å²) in [4.78, 5) is 12.1. The third kappa shape index (κ3) is 2.94. The predicted molar refractivity (Wildman–Crippen MR) is 78.5 cm³/mol. The molecular weight excluding hydrogens is 269 g/mol. The van der Waals surface area contributed by atoms with Crippen LogP contribution in [0.5, 0.6) is 0 Å². The summed E-state index contributed by atoms with van der Waals surface area (Å²) in [5, 5.41) is 3.60. The van der Waals surface area contributed by atoms with Crippen LogP contribution in [0, 0.1) is 12.7 Å². The van der Waals surface area contributed by atoms with E-state index in [1.54, 1.807) is 18.2 Å². The minimum absolute atomic E-state index is 0.256. The van der Waals surface area contributed by atoms with Crippen molar-refractivity contribution in [3.63, 3.8) is 0 Å². The number of fused-ring (bicyclic) bond motifs is 1. The van der Waals surface area contributed by atoms with E-state index in [1.807, 2.05) is 25.1 Å². The number of hydrogen-bond donors (Lipinski definition) is 1. The van der Waals surface area contributed by atoms with Crippen LogP contribution in [-0.2, 0) is 6.54 Å². The van der Waals surface area contributed by atoms with E-state index in [1.165, 1.54) is 12.1 Å². The zero-order chi connectivity index (χ0) is 14.8. The maximum absolute atomic E-state index is 13.1. The third-order valence-corrected chi connectivity index (χ3v) is 3.24. The van der Waals surface area contributed by atoms with Crippen molar-refractivity contribution in [3.8, 4) is 0 Å². The number of hydrogen-bond acceptors (Lipinski definition) is 2. The Morgan fingerprint density at radius 2 is 2.05 bits per heavy atom. The van der Waals surface area contributed by atoms with Gasteiger partial charge in [-0.1, -0.05) is 24.3 Å². The molecule has 1 amide bonds. The number of benzene rings is 2. The Hall–Kier alpha value is -2.62.